The van der Waals surface area contributed by atoms with Gasteiger partial charge >= 0.3 is 0 Å². The van der Waals surface area contributed by atoms with Crippen molar-refractivity contribution in [1.29, 1.82) is 0 Å². The first-order chi connectivity index (χ1) is 11.7. The summed E-state index contributed by atoms with van der Waals surface area (Å²) in [6.45, 7) is 1.72. The van der Waals surface area contributed by atoms with Crippen molar-refractivity contribution in [2.24, 2.45) is 0 Å². The standard InChI is InChI=1S/C17H17ClN2O4S/c1-3-16(21)19-12-7-8-14(18)15(10-12)20-17(22)11-5-4-6-13(9-11)25(2,23)24/h4-10H,3H2,1-2H3,(H,19,21)(H,20,22). The molecule has 0 bridgehead atoms. The fraction of sp³-hybridized carbons (Fsp3) is 0.176. The largest absolute Gasteiger partial charge is 0.326 e. The van der Waals surface area contributed by atoms with Gasteiger partial charge < -0.3 is 10.6 Å². The fourth-order valence-corrected chi connectivity index (χ4v) is 2.84. The monoisotopic (exact) mass is 380 g/mol. The first-order valence-corrected chi connectivity index (χ1v) is 9.68. The van der Waals surface area contributed by atoms with Gasteiger partial charge in [-0.3, -0.25) is 9.59 Å². The van der Waals surface area contributed by atoms with Gasteiger partial charge in [0.25, 0.3) is 5.91 Å². The van der Waals surface area contributed by atoms with Crippen LogP contribution in [-0.4, -0.2) is 26.5 Å². The lowest BCUT2D eigenvalue weighted by atomic mass is 10.2. The van der Waals surface area contributed by atoms with E-state index in [4.69, 9.17) is 11.6 Å². The average Bonchev–Trinajstić information content (AvgIpc) is 2.57. The summed E-state index contributed by atoms with van der Waals surface area (Å²) in [5.74, 6) is -0.674. The van der Waals surface area contributed by atoms with Crippen LogP contribution in [0.1, 0.15) is 23.7 Å². The summed E-state index contributed by atoms with van der Waals surface area (Å²) in [5.41, 5.74) is 0.990. The Bertz CT molecular complexity index is 926. The highest BCUT2D eigenvalue weighted by atomic mass is 35.5. The normalized spacial score (nSPS) is 11.0. The Morgan fingerprint density at radius 2 is 1.80 bits per heavy atom. The van der Waals surface area contributed by atoms with Gasteiger partial charge in [0, 0.05) is 23.9 Å². The molecule has 0 saturated heterocycles. The van der Waals surface area contributed by atoms with E-state index in [9.17, 15) is 18.0 Å². The molecule has 0 aromatic heterocycles. The quantitative estimate of drug-likeness (QED) is 0.831. The van der Waals surface area contributed by atoms with E-state index in [1.807, 2.05) is 0 Å². The number of hydrogen-bond acceptors (Lipinski definition) is 4. The Kier molecular flexibility index (Phi) is 5.81. The minimum Gasteiger partial charge on any atom is -0.326 e. The van der Waals surface area contributed by atoms with E-state index in [-0.39, 0.29) is 16.4 Å². The number of hydrogen-bond donors (Lipinski definition) is 2. The summed E-state index contributed by atoms with van der Waals surface area (Å²) in [7, 11) is -3.42. The van der Waals surface area contributed by atoms with Crippen molar-refractivity contribution in [3.05, 3.63) is 53.1 Å². The second-order valence-corrected chi connectivity index (χ2v) is 7.77. The van der Waals surface area contributed by atoms with Crippen LogP contribution in [0.4, 0.5) is 11.4 Å². The van der Waals surface area contributed by atoms with Gasteiger partial charge in [-0.05, 0) is 36.4 Å². The second-order valence-electron chi connectivity index (χ2n) is 5.35. The average molecular weight is 381 g/mol. The maximum absolute atomic E-state index is 12.4. The molecule has 6 nitrogen and oxygen atoms in total. The maximum Gasteiger partial charge on any atom is 0.255 e. The summed E-state index contributed by atoms with van der Waals surface area (Å²) in [4.78, 5) is 23.9. The smallest absolute Gasteiger partial charge is 0.255 e. The molecular formula is C17H17ClN2O4S. The molecule has 132 valence electrons. The first-order valence-electron chi connectivity index (χ1n) is 7.41. The van der Waals surface area contributed by atoms with Gasteiger partial charge in [0.15, 0.2) is 9.84 Å². The molecule has 2 aromatic rings. The summed E-state index contributed by atoms with van der Waals surface area (Å²) in [6.07, 6.45) is 1.39. The molecule has 25 heavy (non-hydrogen) atoms. The molecule has 2 amide bonds. The third kappa shape index (κ3) is 5.04. The minimum atomic E-state index is -3.42. The maximum atomic E-state index is 12.4. The van der Waals surface area contributed by atoms with Crippen molar-refractivity contribution in [3.8, 4) is 0 Å². The predicted molar refractivity (Wildman–Crippen MR) is 97.9 cm³/mol. The Hall–Kier alpha value is -2.38. The van der Waals surface area contributed by atoms with Crippen LogP contribution >= 0.6 is 11.6 Å². The van der Waals surface area contributed by atoms with Gasteiger partial charge in [0.1, 0.15) is 0 Å². The molecule has 0 fully saturated rings. The van der Waals surface area contributed by atoms with Crippen LogP contribution in [-0.2, 0) is 14.6 Å². The van der Waals surface area contributed by atoms with Gasteiger partial charge in [0.05, 0.1) is 15.6 Å². The molecule has 8 heteroatoms. The van der Waals surface area contributed by atoms with E-state index in [1.54, 1.807) is 19.1 Å². The number of rotatable bonds is 5. The van der Waals surface area contributed by atoms with E-state index in [0.29, 0.717) is 22.8 Å². The summed E-state index contributed by atoms with van der Waals surface area (Å²) in [5, 5.41) is 5.59. The number of nitrogens with one attached hydrogen (secondary N) is 2. The molecular weight excluding hydrogens is 364 g/mol. The minimum absolute atomic E-state index is 0.0511. The van der Waals surface area contributed by atoms with Crippen LogP contribution < -0.4 is 10.6 Å². The van der Waals surface area contributed by atoms with Gasteiger partial charge in [0.2, 0.25) is 5.91 Å². The number of halogens is 1. The Balaban J connectivity index is 2.26. The number of carbonyl (C=O) groups excluding carboxylic acids is 2. The van der Waals surface area contributed by atoms with E-state index in [1.165, 1.54) is 30.3 Å². The van der Waals surface area contributed by atoms with Crippen LogP contribution in [0.25, 0.3) is 0 Å². The van der Waals surface area contributed by atoms with Crippen molar-refractivity contribution < 1.29 is 18.0 Å². The van der Waals surface area contributed by atoms with Crippen molar-refractivity contribution in [1.82, 2.24) is 0 Å². The zero-order valence-corrected chi connectivity index (χ0v) is 15.2. The van der Waals surface area contributed by atoms with Crippen LogP contribution in [0.15, 0.2) is 47.4 Å². The van der Waals surface area contributed by atoms with E-state index in [0.717, 1.165) is 6.26 Å². The van der Waals surface area contributed by atoms with Crippen molar-refractivity contribution in [2.75, 3.05) is 16.9 Å². The highest BCUT2D eigenvalue weighted by molar-refractivity contribution is 7.90. The molecule has 0 aliphatic heterocycles. The van der Waals surface area contributed by atoms with E-state index >= 15 is 0 Å². The molecule has 0 spiro atoms. The summed E-state index contributed by atoms with van der Waals surface area (Å²) >= 11 is 6.08. The van der Waals surface area contributed by atoms with E-state index < -0.39 is 15.7 Å². The van der Waals surface area contributed by atoms with Crippen LogP contribution in [0, 0.1) is 0 Å². The Labute approximate surface area is 151 Å². The lowest BCUT2D eigenvalue weighted by Gasteiger charge is -2.11. The predicted octanol–water partition coefficient (Wildman–Crippen LogP) is 3.34. The number of benzene rings is 2. The van der Waals surface area contributed by atoms with Crippen LogP contribution in [0.2, 0.25) is 5.02 Å². The van der Waals surface area contributed by atoms with Crippen LogP contribution in [0.3, 0.4) is 0 Å². The lowest BCUT2D eigenvalue weighted by Crippen LogP contribution is -2.14. The van der Waals surface area contributed by atoms with Gasteiger partial charge in [-0.25, -0.2) is 8.42 Å². The zero-order chi connectivity index (χ0) is 18.6. The number of carbonyl (C=O) groups is 2. The number of anilines is 2. The fourth-order valence-electron chi connectivity index (χ4n) is 2.01. The van der Waals surface area contributed by atoms with Crippen molar-refractivity contribution in [2.45, 2.75) is 18.2 Å². The first kappa shape index (κ1) is 19.0. The van der Waals surface area contributed by atoms with Crippen LogP contribution in [0.5, 0.6) is 0 Å². The Morgan fingerprint density at radius 3 is 2.44 bits per heavy atom. The molecule has 0 unspecified atom stereocenters. The van der Waals surface area contributed by atoms with Gasteiger partial charge in [-0.1, -0.05) is 24.6 Å². The Morgan fingerprint density at radius 1 is 1.08 bits per heavy atom. The highest BCUT2D eigenvalue weighted by Gasteiger charge is 2.13. The second kappa shape index (κ2) is 7.67. The lowest BCUT2D eigenvalue weighted by molar-refractivity contribution is -0.115. The molecule has 0 atom stereocenters. The van der Waals surface area contributed by atoms with Crippen molar-refractivity contribution in [3.63, 3.8) is 0 Å². The van der Waals surface area contributed by atoms with Crippen molar-refractivity contribution >= 4 is 44.6 Å². The number of sulfone groups is 1. The third-order valence-corrected chi connectivity index (χ3v) is 4.78. The molecule has 2 N–H and O–H groups in total. The molecule has 0 heterocycles. The molecule has 2 aromatic carbocycles. The molecule has 2 rings (SSSR count). The zero-order valence-electron chi connectivity index (χ0n) is 13.7. The SMILES string of the molecule is CCC(=O)Nc1ccc(Cl)c(NC(=O)c2cccc(S(C)(=O)=O)c2)c1. The van der Waals surface area contributed by atoms with Gasteiger partial charge in [-0.2, -0.15) is 0 Å². The topological polar surface area (TPSA) is 92.3 Å². The number of amides is 2. The van der Waals surface area contributed by atoms with E-state index in [2.05, 4.69) is 10.6 Å². The molecule has 0 radical (unpaired) electrons. The summed E-state index contributed by atoms with van der Waals surface area (Å²) < 4.78 is 23.2. The molecule has 0 aliphatic rings. The molecule has 0 aliphatic carbocycles. The summed E-state index contributed by atoms with van der Waals surface area (Å²) in [6, 6.07) is 10.4. The molecule has 0 saturated carbocycles. The third-order valence-electron chi connectivity index (χ3n) is 3.34. The van der Waals surface area contributed by atoms with Gasteiger partial charge in [-0.15, -0.1) is 0 Å². The highest BCUT2D eigenvalue weighted by Crippen LogP contribution is 2.26.